The maximum Gasteiger partial charge on any atom is 0.253 e. The fourth-order valence-corrected chi connectivity index (χ4v) is 5.13. The molecule has 4 heterocycles. The van der Waals surface area contributed by atoms with Crippen LogP contribution < -0.4 is 10.9 Å². The molecule has 2 fully saturated rings. The van der Waals surface area contributed by atoms with Crippen LogP contribution in [0.3, 0.4) is 0 Å². The lowest BCUT2D eigenvalue weighted by molar-refractivity contribution is 0.103. The van der Waals surface area contributed by atoms with Gasteiger partial charge < -0.3 is 10.4 Å². The van der Waals surface area contributed by atoms with E-state index in [-0.39, 0.29) is 17.2 Å². The van der Waals surface area contributed by atoms with Gasteiger partial charge in [-0.15, -0.1) is 5.10 Å². The number of rotatable bonds is 4. The molecular weight excluding hydrogens is 421 g/mol. The number of phenols is 1. The summed E-state index contributed by atoms with van der Waals surface area (Å²) < 4.78 is 16.7. The summed E-state index contributed by atoms with van der Waals surface area (Å²) in [7, 11) is 1.63. The molecule has 4 atom stereocenters. The van der Waals surface area contributed by atoms with Crippen LogP contribution in [0.25, 0.3) is 28.2 Å². The third-order valence-electron chi connectivity index (χ3n) is 7.08. The van der Waals surface area contributed by atoms with Gasteiger partial charge in [-0.05, 0) is 56.0 Å². The molecule has 33 heavy (non-hydrogen) atoms. The Balaban J connectivity index is 1.39. The minimum absolute atomic E-state index is 0.00171. The Morgan fingerprint density at radius 3 is 2.82 bits per heavy atom. The summed E-state index contributed by atoms with van der Waals surface area (Å²) in [6.07, 6.45) is 2.93. The summed E-state index contributed by atoms with van der Waals surface area (Å²) >= 11 is 0. The highest BCUT2D eigenvalue weighted by Gasteiger charge is 2.51. The molecule has 2 aromatic heterocycles. The maximum absolute atomic E-state index is 15.3. The van der Waals surface area contributed by atoms with Crippen molar-refractivity contribution in [2.75, 3.05) is 0 Å². The number of fused-ring (bicyclic) bond motifs is 2. The number of nitrogens with one attached hydrogen (secondary N) is 1. The monoisotopic (exact) mass is 447 g/mol. The molecule has 0 aliphatic carbocycles. The highest BCUT2D eigenvalue weighted by Crippen LogP contribution is 2.45. The van der Waals surface area contributed by atoms with Gasteiger partial charge >= 0.3 is 0 Å². The smallest absolute Gasteiger partial charge is 0.253 e. The van der Waals surface area contributed by atoms with Crippen LogP contribution in [-0.2, 0) is 7.05 Å². The third kappa shape index (κ3) is 3.64. The number of hydrogen-bond acceptors (Lipinski definition) is 6. The molecule has 2 bridgehead atoms. The topological polar surface area (TPSA) is 92.9 Å². The van der Waals surface area contributed by atoms with E-state index in [1.165, 1.54) is 16.8 Å². The summed E-state index contributed by atoms with van der Waals surface area (Å²) in [4.78, 5) is 16.1. The van der Waals surface area contributed by atoms with E-state index in [9.17, 15) is 9.90 Å². The van der Waals surface area contributed by atoms with E-state index >= 15 is 4.39 Å². The summed E-state index contributed by atoms with van der Waals surface area (Å²) in [6, 6.07) is 10.2. The number of allylic oxidation sites excluding steroid dienone is 1. The highest BCUT2D eigenvalue weighted by atomic mass is 19.1. The van der Waals surface area contributed by atoms with Gasteiger partial charge in [-0.3, -0.25) is 9.36 Å². The summed E-state index contributed by atoms with van der Waals surface area (Å²) in [5.74, 6) is 0.159. The molecule has 0 unspecified atom stereocenters. The predicted molar refractivity (Wildman–Crippen MR) is 124 cm³/mol. The van der Waals surface area contributed by atoms with Crippen LogP contribution in [0.1, 0.15) is 31.9 Å². The first-order valence-corrected chi connectivity index (χ1v) is 11.1. The average molecular weight is 448 g/mol. The van der Waals surface area contributed by atoms with Crippen LogP contribution in [0.4, 0.5) is 4.39 Å². The minimum Gasteiger partial charge on any atom is -0.507 e. The van der Waals surface area contributed by atoms with Gasteiger partial charge in [0.1, 0.15) is 17.7 Å². The Labute approximate surface area is 191 Å². The van der Waals surface area contributed by atoms with Gasteiger partial charge in [0.25, 0.3) is 5.56 Å². The SMILES string of the molecule is C=C(c1ccc(-c2ccc(-c3nccc(=O)n3C)cc2O)nn1)[C@@H]1C[C@H]2CC[C@](C)(N2)[C@H]1F. The van der Waals surface area contributed by atoms with Crippen molar-refractivity contribution in [1.29, 1.82) is 0 Å². The van der Waals surface area contributed by atoms with Crippen molar-refractivity contribution in [3.05, 3.63) is 65.2 Å². The second-order valence-corrected chi connectivity index (χ2v) is 9.27. The molecule has 7 nitrogen and oxygen atoms in total. The zero-order chi connectivity index (χ0) is 23.3. The molecule has 3 aromatic rings. The Kier molecular flexibility index (Phi) is 5.12. The zero-order valence-corrected chi connectivity index (χ0v) is 18.6. The molecule has 2 saturated heterocycles. The van der Waals surface area contributed by atoms with Crippen LogP contribution in [-0.4, -0.2) is 42.6 Å². The summed E-state index contributed by atoms with van der Waals surface area (Å²) in [6.45, 7) is 6.10. The van der Waals surface area contributed by atoms with Crippen molar-refractivity contribution in [2.45, 2.75) is 43.9 Å². The molecule has 170 valence electrons. The fraction of sp³-hybridized carbons (Fsp3) is 0.360. The number of piperidine rings is 1. The quantitative estimate of drug-likeness (QED) is 0.636. The largest absolute Gasteiger partial charge is 0.507 e. The fourth-order valence-electron chi connectivity index (χ4n) is 5.13. The Hall–Kier alpha value is -3.39. The first-order chi connectivity index (χ1) is 15.8. The van der Waals surface area contributed by atoms with E-state index in [2.05, 4.69) is 27.1 Å². The van der Waals surface area contributed by atoms with Gasteiger partial charge in [-0.25, -0.2) is 9.37 Å². The summed E-state index contributed by atoms with van der Waals surface area (Å²) in [5.41, 5.74) is 2.13. The molecule has 1 aromatic carbocycles. The molecule has 5 rings (SSSR count). The molecule has 0 saturated carbocycles. The molecule has 2 aliphatic rings. The first kappa shape index (κ1) is 21.5. The molecular formula is C25H26FN5O2. The average Bonchev–Trinajstić information content (AvgIpc) is 3.15. The Bertz CT molecular complexity index is 1290. The Morgan fingerprint density at radius 2 is 2.09 bits per heavy atom. The van der Waals surface area contributed by atoms with E-state index < -0.39 is 11.7 Å². The number of halogens is 1. The molecule has 8 heteroatoms. The standard InChI is InChI=1S/C25H26FN5O2/c1-14(18-13-16-8-10-25(2,28-16)23(18)26)19-6-7-20(30-29-19)17-5-4-15(12-21(17)32)24-27-11-9-22(33)31(24)3/h4-7,9,11-12,16,18,23,28,32H,1,8,10,13H2,2-3H3/t16-,18+,23+,25+/m1/s1. The highest BCUT2D eigenvalue weighted by molar-refractivity contribution is 5.73. The van der Waals surface area contributed by atoms with E-state index in [0.717, 1.165) is 12.8 Å². The lowest BCUT2D eigenvalue weighted by Crippen LogP contribution is -2.56. The van der Waals surface area contributed by atoms with E-state index in [0.29, 0.717) is 46.4 Å². The van der Waals surface area contributed by atoms with Gasteiger partial charge in [-0.1, -0.05) is 12.6 Å². The number of nitrogens with zero attached hydrogens (tertiary/aromatic N) is 4. The van der Waals surface area contributed by atoms with E-state index in [4.69, 9.17) is 0 Å². The van der Waals surface area contributed by atoms with Gasteiger partial charge in [0.05, 0.1) is 11.4 Å². The van der Waals surface area contributed by atoms with Gasteiger partial charge in [0.2, 0.25) is 0 Å². The third-order valence-corrected chi connectivity index (χ3v) is 7.08. The number of benzene rings is 1. The predicted octanol–water partition coefficient (Wildman–Crippen LogP) is 3.49. The van der Waals surface area contributed by atoms with Gasteiger partial charge in [0.15, 0.2) is 0 Å². The molecule has 0 amide bonds. The van der Waals surface area contributed by atoms with Crippen molar-refractivity contribution < 1.29 is 9.50 Å². The van der Waals surface area contributed by atoms with Crippen molar-refractivity contribution in [3.8, 4) is 28.4 Å². The maximum atomic E-state index is 15.3. The summed E-state index contributed by atoms with van der Waals surface area (Å²) in [5, 5.41) is 22.6. The van der Waals surface area contributed by atoms with E-state index in [1.54, 1.807) is 37.4 Å². The van der Waals surface area contributed by atoms with Crippen molar-refractivity contribution in [1.82, 2.24) is 25.1 Å². The van der Waals surface area contributed by atoms with Gasteiger partial charge in [-0.2, -0.15) is 5.10 Å². The molecule has 0 spiro atoms. The number of aromatic nitrogens is 4. The number of phenolic OH excluding ortho intramolecular Hbond substituents is 1. The van der Waals surface area contributed by atoms with Crippen molar-refractivity contribution in [2.24, 2.45) is 13.0 Å². The molecule has 2 N–H and O–H groups in total. The van der Waals surface area contributed by atoms with Gasteiger partial charge in [0, 0.05) is 47.9 Å². The molecule has 2 aliphatic heterocycles. The van der Waals surface area contributed by atoms with Crippen LogP contribution in [0, 0.1) is 5.92 Å². The first-order valence-electron chi connectivity index (χ1n) is 11.1. The molecule has 0 radical (unpaired) electrons. The lowest BCUT2D eigenvalue weighted by Gasteiger charge is -2.40. The Morgan fingerprint density at radius 1 is 1.27 bits per heavy atom. The van der Waals surface area contributed by atoms with Crippen molar-refractivity contribution >= 4 is 5.57 Å². The normalized spacial score (nSPS) is 26.3. The number of alkyl halides is 1. The second kappa shape index (κ2) is 7.88. The second-order valence-electron chi connectivity index (χ2n) is 9.27. The zero-order valence-electron chi connectivity index (χ0n) is 18.6. The van der Waals surface area contributed by atoms with Crippen LogP contribution in [0.15, 0.2) is 54.0 Å². The van der Waals surface area contributed by atoms with Crippen molar-refractivity contribution in [3.63, 3.8) is 0 Å². The van der Waals surface area contributed by atoms with Crippen LogP contribution >= 0.6 is 0 Å². The van der Waals surface area contributed by atoms with Crippen LogP contribution in [0.5, 0.6) is 5.75 Å². The van der Waals surface area contributed by atoms with E-state index in [1.807, 2.05) is 6.92 Å². The number of aromatic hydroxyl groups is 1. The number of hydrogen-bond donors (Lipinski definition) is 2. The lowest BCUT2D eigenvalue weighted by atomic mass is 9.78. The van der Waals surface area contributed by atoms with Crippen LogP contribution in [0.2, 0.25) is 0 Å². The minimum atomic E-state index is -1.02.